The Bertz CT molecular complexity index is 441. The summed E-state index contributed by atoms with van der Waals surface area (Å²) in [6.07, 6.45) is 9.00. The zero-order chi connectivity index (χ0) is 14.3. The summed E-state index contributed by atoms with van der Waals surface area (Å²) in [5.41, 5.74) is -0.0413. The van der Waals surface area contributed by atoms with E-state index in [1.165, 1.54) is 50.7 Å². The van der Waals surface area contributed by atoms with Gasteiger partial charge in [0.1, 0.15) is 5.69 Å². The molecule has 2 aliphatic carbocycles. The number of rotatable bonds is 2. The van der Waals surface area contributed by atoms with Crippen LogP contribution in [0.5, 0.6) is 0 Å². The van der Waals surface area contributed by atoms with Crippen LogP contribution in [0, 0.1) is 6.92 Å². The number of carbonyl (C=O) groups is 2. The molecule has 1 aromatic heterocycles. The maximum Gasteiger partial charge on any atom is 0.354 e. The Morgan fingerprint density at radius 2 is 1.42 bits per heavy atom. The molecule has 0 saturated heterocycles. The molecule has 5 nitrogen and oxygen atoms in total. The lowest BCUT2D eigenvalue weighted by molar-refractivity contribution is 0.0684. The lowest BCUT2D eigenvalue weighted by Gasteiger charge is -1.99. The monoisotopic (exact) mass is 265 g/mol. The predicted octanol–water partition coefficient (Wildman–Crippen LogP) is 3.13. The van der Waals surface area contributed by atoms with E-state index in [2.05, 4.69) is 4.98 Å². The van der Waals surface area contributed by atoms with E-state index in [1.54, 1.807) is 6.92 Å². The fourth-order valence-electron chi connectivity index (χ4n) is 0.864. The maximum absolute atomic E-state index is 10.5. The van der Waals surface area contributed by atoms with E-state index in [0.29, 0.717) is 5.56 Å². The number of hydrogen-bond acceptors (Lipinski definition) is 3. The first-order valence-electron chi connectivity index (χ1n) is 6.46. The number of aryl methyl sites for hydroxylation is 1. The van der Waals surface area contributed by atoms with E-state index in [9.17, 15) is 9.59 Å². The molecular formula is C14H19NO4. The summed E-state index contributed by atoms with van der Waals surface area (Å²) in [7, 11) is 0. The van der Waals surface area contributed by atoms with Crippen molar-refractivity contribution in [2.24, 2.45) is 0 Å². The first-order chi connectivity index (χ1) is 9.02. The highest BCUT2D eigenvalue weighted by Crippen LogP contribution is 2.15. The van der Waals surface area contributed by atoms with E-state index in [4.69, 9.17) is 10.2 Å². The minimum absolute atomic E-state index is 0.222. The molecule has 19 heavy (non-hydrogen) atoms. The number of carboxylic acid groups (broad SMARTS) is 2. The molecule has 0 bridgehead atoms. The lowest BCUT2D eigenvalue weighted by atomic mass is 10.2. The fraction of sp³-hybridized carbons (Fsp3) is 0.500. The van der Waals surface area contributed by atoms with Crippen LogP contribution >= 0.6 is 0 Å². The average molecular weight is 265 g/mol. The standard InChI is InChI=1S/C8H7NO4.2C3H6/c1-4-2-3-5(7(10)11)9-6(4)8(12)13;2*1-2-3-1/h2-3H,1H3,(H,10,11)(H,12,13);2*1-3H2. The van der Waals surface area contributed by atoms with Gasteiger partial charge in [-0.3, -0.25) is 0 Å². The highest BCUT2D eigenvalue weighted by molar-refractivity contribution is 5.90. The highest BCUT2D eigenvalue weighted by Gasteiger charge is 2.12. The Morgan fingerprint density at radius 3 is 1.74 bits per heavy atom. The van der Waals surface area contributed by atoms with Crippen LogP contribution in [0.25, 0.3) is 0 Å². The van der Waals surface area contributed by atoms with Gasteiger partial charge in [-0.15, -0.1) is 0 Å². The number of hydrogen-bond donors (Lipinski definition) is 2. The van der Waals surface area contributed by atoms with Crippen molar-refractivity contribution in [1.29, 1.82) is 0 Å². The molecule has 0 aliphatic heterocycles. The Labute approximate surface area is 112 Å². The molecule has 0 aromatic carbocycles. The molecule has 0 spiro atoms. The van der Waals surface area contributed by atoms with Crippen LogP contribution in [-0.4, -0.2) is 27.1 Å². The number of nitrogens with zero attached hydrogens (tertiary/aromatic N) is 1. The normalized spacial score (nSPS) is 14.2. The number of pyridine rings is 1. The summed E-state index contributed by atoms with van der Waals surface area (Å²) in [4.78, 5) is 24.4. The topological polar surface area (TPSA) is 87.5 Å². The number of aromatic nitrogens is 1. The second kappa shape index (κ2) is 7.51. The van der Waals surface area contributed by atoms with Gasteiger partial charge in [0.2, 0.25) is 0 Å². The minimum atomic E-state index is -1.23. The molecule has 2 aliphatic rings. The fourth-order valence-corrected chi connectivity index (χ4v) is 0.864. The van der Waals surface area contributed by atoms with E-state index in [1.807, 2.05) is 0 Å². The molecule has 2 fully saturated rings. The van der Waals surface area contributed by atoms with Crippen LogP contribution < -0.4 is 0 Å². The van der Waals surface area contributed by atoms with Crippen LogP contribution in [0.1, 0.15) is 65.1 Å². The van der Waals surface area contributed by atoms with Gasteiger partial charge in [0.15, 0.2) is 5.69 Å². The molecule has 1 aromatic rings. The first kappa shape index (κ1) is 15.1. The van der Waals surface area contributed by atoms with Crippen LogP contribution in [0.15, 0.2) is 12.1 Å². The van der Waals surface area contributed by atoms with Crippen molar-refractivity contribution in [1.82, 2.24) is 4.98 Å². The van der Waals surface area contributed by atoms with E-state index in [-0.39, 0.29) is 11.4 Å². The van der Waals surface area contributed by atoms with Crippen LogP contribution in [0.4, 0.5) is 0 Å². The van der Waals surface area contributed by atoms with Crippen molar-refractivity contribution in [2.45, 2.75) is 45.4 Å². The molecule has 0 amide bonds. The molecular weight excluding hydrogens is 246 g/mol. The summed E-state index contributed by atoms with van der Waals surface area (Å²) >= 11 is 0. The van der Waals surface area contributed by atoms with E-state index in [0.717, 1.165) is 0 Å². The Balaban J connectivity index is 0.000000241. The zero-order valence-corrected chi connectivity index (χ0v) is 11.1. The average Bonchev–Trinajstić information content (AvgIpc) is 3.23. The highest BCUT2D eigenvalue weighted by atomic mass is 16.4. The third kappa shape index (κ3) is 7.18. The molecule has 0 atom stereocenters. The maximum atomic E-state index is 10.5. The van der Waals surface area contributed by atoms with Gasteiger partial charge in [-0.2, -0.15) is 0 Å². The Kier molecular flexibility index (Phi) is 5.99. The second-order valence-electron chi connectivity index (χ2n) is 4.59. The van der Waals surface area contributed by atoms with Gasteiger partial charge in [-0.25, -0.2) is 14.6 Å². The quantitative estimate of drug-likeness (QED) is 0.857. The van der Waals surface area contributed by atoms with Crippen LogP contribution in [0.2, 0.25) is 0 Å². The smallest absolute Gasteiger partial charge is 0.354 e. The molecule has 0 unspecified atom stereocenters. The van der Waals surface area contributed by atoms with E-state index >= 15 is 0 Å². The first-order valence-corrected chi connectivity index (χ1v) is 6.46. The molecule has 2 saturated carbocycles. The lowest BCUT2D eigenvalue weighted by Crippen LogP contribution is -2.08. The molecule has 3 rings (SSSR count). The number of aromatic carboxylic acids is 2. The molecule has 0 radical (unpaired) electrons. The number of carboxylic acids is 2. The Hall–Kier alpha value is -1.91. The molecule has 1 heterocycles. The van der Waals surface area contributed by atoms with Crippen molar-refractivity contribution in [3.05, 3.63) is 29.1 Å². The summed E-state index contributed by atoms with van der Waals surface area (Å²) in [5.74, 6) is -2.46. The van der Waals surface area contributed by atoms with Crippen molar-refractivity contribution >= 4 is 11.9 Å². The third-order valence-corrected chi connectivity index (χ3v) is 2.23. The minimum Gasteiger partial charge on any atom is -0.477 e. The van der Waals surface area contributed by atoms with Crippen LogP contribution in [0.3, 0.4) is 0 Å². The van der Waals surface area contributed by atoms with Gasteiger partial charge in [0.05, 0.1) is 0 Å². The van der Waals surface area contributed by atoms with Crippen molar-refractivity contribution in [3.63, 3.8) is 0 Å². The summed E-state index contributed by atoms with van der Waals surface area (Å²) in [5, 5.41) is 17.1. The van der Waals surface area contributed by atoms with Gasteiger partial charge >= 0.3 is 11.9 Å². The molecule has 2 N–H and O–H groups in total. The van der Waals surface area contributed by atoms with E-state index < -0.39 is 11.9 Å². The largest absolute Gasteiger partial charge is 0.477 e. The van der Waals surface area contributed by atoms with Gasteiger partial charge in [0, 0.05) is 0 Å². The van der Waals surface area contributed by atoms with Gasteiger partial charge < -0.3 is 10.2 Å². The second-order valence-corrected chi connectivity index (χ2v) is 4.59. The summed E-state index contributed by atoms with van der Waals surface area (Å²) in [6, 6.07) is 2.68. The van der Waals surface area contributed by atoms with Crippen molar-refractivity contribution < 1.29 is 19.8 Å². The summed E-state index contributed by atoms with van der Waals surface area (Å²) in [6.45, 7) is 1.56. The predicted molar refractivity (Wildman–Crippen MR) is 70.6 cm³/mol. The van der Waals surface area contributed by atoms with Gasteiger partial charge in [-0.1, -0.05) is 44.6 Å². The SMILES string of the molecule is C1CC1.C1CC1.Cc1ccc(C(=O)O)nc1C(=O)O. The third-order valence-electron chi connectivity index (χ3n) is 2.23. The summed E-state index contributed by atoms with van der Waals surface area (Å²) < 4.78 is 0. The van der Waals surface area contributed by atoms with Gasteiger partial charge in [0.25, 0.3) is 0 Å². The van der Waals surface area contributed by atoms with Crippen LogP contribution in [-0.2, 0) is 0 Å². The molecule has 5 heteroatoms. The zero-order valence-electron chi connectivity index (χ0n) is 11.1. The van der Waals surface area contributed by atoms with Gasteiger partial charge in [-0.05, 0) is 18.6 Å². The Morgan fingerprint density at radius 1 is 0.947 bits per heavy atom. The van der Waals surface area contributed by atoms with Crippen molar-refractivity contribution in [2.75, 3.05) is 0 Å². The molecule has 104 valence electrons. The van der Waals surface area contributed by atoms with Crippen molar-refractivity contribution in [3.8, 4) is 0 Å².